The fourth-order valence-electron chi connectivity index (χ4n) is 4.11. The van der Waals surface area contributed by atoms with Gasteiger partial charge in [0.1, 0.15) is 17.7 Å². The molecule has 2 unspecified atom stereocenters. The first-order valence-corrected chi connectivity index (χ1v) is 11.7. The van der Waals surface area contributed by atoms with Gasteiger partial charge in [0.05, 0.1) is 0 Å². The van der Waals surface area contributed by atoms with Gasteiger partial charge in [-0.05, 0) is 59.1 Å². The molecule has 2 atom stereocenters. The molecule has 0 radical (unpaired) electrons. The number of carbonyl (C=O) groups excluding carboxylic acids is 3. The molecule has 1 saturated carbocycles. The van der Waals surface area contributed by atoms with E-state index in [4.69, 9.17) is 11.2 Å². The van der Waals surface area contributed by atoms with Gasteiger partial charge in [0.2, 0.25) is 11.8 Å². The first kappa shape index (κ1) is 26.2. The molecule has 1 aliphatic rings. The van der Waals surface area contributed by atoms with Crippen LogP contribution in [0.5, 0.6) is 0 Å². The molecule has 2 rings (SSSR count). The summed E-state index contributed by atoms with van der Waals surface area (Å²) in [5, 5.41) is 5.72. The third-order valence-electron chi connectivity index (χ3n) is 5.65. The smallest absolute Gasteiger partial charge is 0.408 e. The summed E-state index contributed by atoms with van der Waals surface area (Å²) < 4.78 is 5.27. The summed E-state index contributed by atoms with van der Waals surface area (Å²) in [6.07, 6.45) is 10.2. The Kier molecular flexibility index (Phi) is 9.33. The Hall–Kier alpha value is -3.01. The van der Waals surface area contributed by atoms with Crippen LogP contribution in [0.15, 0.2) is 24.3 Å². The van der Waals surface area contributed by atoms with Crippen molar-refractivity contribution in [1.82, 2.24) is 15.5 Å². The molecule has 7 heteroatoms. The van der Waals surface area contributed by atoms with Gasteiger partial charge in [-0.1, -0.05) is 43.4 Å². The number of ether oxygens (including phenoxy) is 1. The molecule has 0 aliphatic heterocycles. The van der Waals surface area contributed by atoms with Crippen molar-refractivity contribution in [2.45, 2.75) is 90.4 Å². The van der Waals surface area contributed by atoms with Gasteiger partial charge < -0.3 is 20.3 Å². The van der Waals surface area contributed by atoms with Crippen LogP contribution in [0.3, 0.4) is 0 Å². The monoisotopic (exact) mass is 455 g/mol. The van der Waals surface area contributed by atoms with Crippen molar-refractivity contribution in [1.29, 1.82) is 0 Å². The van der Waals surface area contributed by atoms with E-state index in [2.05, 4.69) is 16.6 Å². The second kappa shape index (κ2) is 11.7. The number of terminal acetylenes is 1. The molecule has 7 nitrogen and oxygen atoms in total. The van der Waals surface area contributed by atoms with E-state index in [1.807, 2.05) is 0 Å². The van der Waals surface area contributed by atoms with Crippen molar-refractivity contribution in [3.05, 3.63) is 35.4 Å². The number of carbonyl (C=O) groups is 3. The van der Waals surface area contributed by atoms with Gasteiger partial charge in [0, 0.05) is 18.2 Å². The Morgan fingerprint density at radius 3 is 2.39 bits per heavy atom. The van der Waals surface area contributed by atoms with Crippen LogP contribution in [-0.2, 0) is 14.3 Å². The Bertz CT molecular complexity index is 878. The molecule has 180 valence electrons. The number of alkyl carbamates (subject to hydrolysis) is 1. The molecule has 1 aromatic rings. The topological polar surface area (TPSA) is 87.7 Å². The highest BCUT2D eigenvalue weighted by Gasteiger charge is 2.35. The van der Waals surface area contributed by atoms with Gasteiger partial charge in [0.15, 0.2) is 0 Å². The molecule has 2 N–H and O–H groups in total. The second-order valence-corrected chi connectivity index (χ2v) is 9.47. The van der Waals surface area contributed by atoms with Gasteiger partial charge in [-0.15, -0.1) is 6.42 Å². The number of nitrogens with zero attached hydrogens (tertiary/aromatic N) is 1. The third kappa shape index (κ3) is 7.52. The Morgan fingerprint density at radius 2 is 1.82 bits per heavy atom. The molecule has 0 saturated heterocycles. The number of benzene rings is 1. The molecule has 33 heavy (non-hydrogen) atoms. The highest BCUT2D eigenvalue weighted by molar-refractivity contribution is 5.92. The van der Waals surface area contributed by atoms with Crippen LogP contribution < -0.4 is 10.6 Å². The van der Waals surface area contributed by atoms with Crippen molar-refractivity contribution >= 4 is 17.9 Å². The first-order chi connectivity index (χ1) is 15.6. The summed E-state index contributed by atoms with van der Waals surface area (Å²) in [6, 6.07) is 5.44. The largest absolute Gasteiger partial charge is 0.444 e. The van der Waals surface area contributed by atoms with Crippen LogP contribution in [-0.4, -0.2) is 47.0 Å². The molecule has 0 bridgehead atoms. The Morgan fingerprint density at radius 1 is 1.18 bits per heavy atom. The third-order valence-corrected chi connectivity index (χ3v) is 5.65. The van der Waals surface area contributed by atoms with Gasteiger partial charge in [-0.2, -0.15) is 0 Å². The van der Waals surface area contributed by atoms with Gasteiger partial charge in [-0.3, -0.25) is 9.59 Å². The highest BCUT2D eigenvalue weighted by Crippen LogP contribution is 2.27. The van der Waals surface area contributed by atoms with Crippen molar-refractivity contribution in [3.8, 4) is 12.3 Å². The van der Waals surface area contributed by atoms with Crippen LogP contribution in [0.2, 0.25) is 0 Å². The number of likely N-dealkylation sites (N-methyl/N-ethyl adjacent to an activating group) is 1. The zero-order valence-corrected chi connectivity index (χ0v) is 20.4. The molecule has 1 aliphatic carbocycles. The summed E-state index contributed by atoms with van der Waals surface area (Å²) >= 11 is 0. The summed E-state index contributed by atoms with van der Waals surface area (Å²) in [6.45, 7) is 8.90. The minimum atomic E-state index is -0.903. The van der Waals surface area contributed by atoms with E-state index in [1.165, 1.54) is 11.3 Å². The SMILES string of the molecule is C#Cc1ccccc1C(C(=O)NC1CCCCC1)N(CC)C(=O)C(C)NC(=O)OC(C)(C)C. The number of amides is 3. The number of rotatable bonds is 7. The van der Waals surface area contributed by atoms with Crippen LogP contribution >= 0.6 is 0 Å². The zero-order chi connectivity index (χ0) is 24.6. The average molecular weight is 456 g/mol. The van der Waals surface area contributed by atoms with E-state index >= 15 is 0 Å². The van der Waals surface area contributed by atoms with E-state index in [9.17, 15) is 14.4 Å². The lowest BCUT2D eigenvalue weighted by molar-refractivity contribution is -0.142. The summed E-state index contributed by atoms with van der Waals surface area (Å²) in [7, 11) is 0. The first-order valence-electron chi connectivity index (χ1n) is 11.7. The fourth-order valence-corrected chi connectivity index (χ4v) is 4.11. The zero-order valence-electron chi connectivity index (χ0n) is 20.4. The van der Waals surface area contributed by atoms with Gasteiger partial charge in [-0.25, -0.2) is 4.79 Å². The normalized spacial score (nSPS) is 16.1. The molecule has 0 heterocycles. The molecular weight excluding hydrogens is 418 g/mol. The minimum Gasteiger partial charge on any atom is -0.444 e. The van der Waals surface area contributed by atoms with Gasteiger partial charge >= 0.3 is 6.09 Å². The molecular formula is C26H37N3O4. The summed E-state index contributed by atoms with van der Waals surface area (Å²) in [5.41, 5.74) is 0.458. The fraction of sp³-hybridized carbons (Fsp3) is 0.577. The Labute approximate surface area is 197 Å². The quantitative estimate of drug-likeness (QED) is 0.610. The molecule has 0 spiro atoms. The minimum absolute atomic E-state index is 0.0814. The predicted molar refractivity (Wildman–Crippen MR) is 128 cm³/mol. The maximum Gasteiger partial charge on any atom is 0.408 e. The maximum absolute atomic E-state index is 13.5. The standard InChI is InChI=1S/C26H37N3O4/c1-7-19-14-12-13-17-21(19)22(23(30)28-20-15-10-9-11-16-20)29(8-2)24(31)18(3)27-25(32)33-26(4,5)6/h1,12-14,17-18,20,22H,8-11,15-16H2,2-6H3,(H,27,32)(H,28,30). The lowest BCUT2D eigenvalue weighted by atomic mass is 9.93. The Balaban J connectivity index is 2.32. The van der Waals surface area contributed by atoms with Crippen LogP contribution in [0, 0.1) is 12.3 Å². The number of hydrogen-bond donors (Lipinski definition) is 2. The van der Waals surface area contributed by atoms with E-state index in [-0.39, 0.29) is 24.4 Å². The van der Waals surface area contributed by atoms with Crippen molar-refractivity contribution in [2.75, 3.05) is 6.54 Å². The summed E-state index contributed by atoms with van der Waals surface area (Å²) in [4.78, 5) is 40.6. The van der Waals surface area contributed by atoms with Crippen molar-refractivity contribution < 1.29 is 19.1 Å². The van der Waals surface area contributed by atoms with Crippen LogP contribution in [0.25, 0.3) is 0 Å². The van der Waals surface area contributed by atoms with E-state index in [0.717, 1.165) is 25.7 Å². The van der Waals surface area contributed by atoms with Crippen molar-refractivity contribution in [3.63, 3.8) is 0 Å². The van der Waals surface area contributed by atoms with Crippen LogP contribution in [0.1, 0.15) is 83.9 Å². The summed E-state index contributed by atoms with van der Waals surface area (Å²) in [5.74, 6) is 1.98. The second-order valence-electron chi connectivity index (χ2n) is 9.47. The van der Waals surface area contributed by atoms with E-state index in [0.29, 0.717) is 11.1 Å². The molecule has 3 amide bonds. The van der Waals surface area contributed by atoms with Crippen molar-refractivity contribution in [2.24, 2.45) is 0 Å². The predicted octanol–water partition coefficient (Wildman–Crippen LogP) is 3.92. The highest BCUT2D eigenvalue weighted by atomic mass is 16.6. The van der Waals surface area contributed by atoms with Gasteiger partial charge in [0.25, 0.3) is 0 Å². The lowest BCUT2D eigenvalue weighted by Gasteiger charge is -2.34. The molecule has 1 aromatic carbocycles. The van der Waals surface area contributed by atoms with E-state index < -0.39 is 23.8 Å². The molecule has 1 fully saturated rings. The number of nitrogens with one attached hydrogen (secondary N) is 2. The lowest BCUT2D eigenvalue weighted by Crippen LogP contribution is -2.53. The van der Waals surface area contributed by atoms with Crippen LogP contribution in [0.4, 0.5) is 4.79 Å². The van der Waals surface area contributed by atoms with E-state index in [1.54, 1.807) is 58.9 Å². The number of hydrogen-bond acceptors (Lipinski definition) is 4. The molecule has 0 aromatic heterocycles. The maximum atomic E-state index is 13.5. The average Bonchev–Trinajstić information content (AvgIpc) is 2.76.